The van der Waals surface area contributed by atoms with E-state index in [-0.39, 0.29) is 0 Å². The van der Waals surface area contributed by atoms with Gasteiger partial charge in [0, 0.05) is 13.1 Å². The SMILES string of the molecule is Cc1ccc(CNCC(O)c2ccc(C)c(C)c2)cc1. The Labute approximate surface area is 121 Å². The van der Waals surface area contributed by atoms with Gasteiger partial charge in [0.05, 0.1) is 6.10 Å². The normalized spacial score (nSPS) is 12.4. The van der Waals surface area contributed by atoms with Crippen molar-refractivity contribution in [2.75, 3.05) is 6.54 Å². The zero-order valence-electron chi connectivity index (χ0n) is 12.5. The molecular formula is C18H23NO. The summed E-state index contributed by atoms with van der Waals surface area (Å²) in [6.07, 6.45) is -0.459. The molecule has 0 spiro atoms. The molecule has 2 aromatic rings. The van der Waals surface area contributed by atoms with Crippen LogP contribution in [0.5, 0.6) is 0 Å². The number of rotatable bonds is 5. The average molecular weight is 269 g/mol. The molecule has 1 unspecified atom stereocenters. The monoisotopic (exact) mass is 269 g/mol. The minimum absolute atomic E-state index is 0.459. The van der Waals surface area contributed by atoms with Crippen LogP contribution in [0.3, 0.4) is 0 Å². The van der Waals surface area contributed by atoms with Crippen molar-refractivity contribution in [2.45, 2.75) is 33.4 Å². The smallest absolute Gasteiger partial charge is 0.0914 e. The summed E-state index contributed by atoms with van der Waals surface area (Å²) in [6.45, 7) is 7.59. The fourth-order valence-electron chi connectivity index (χ4n) is 2.15. The molecule has 0 amide bonds. The molecule has 0 fully saturated rings. The largest absolute Gasteiger partial charge is 0.387 e. The fraction of sp³-hybridized carbons (Fsp3) is 0.333. The first kappa shape index (κ1) is 14.8. The van der Waals surface area contributed by atoms with Crippen LogP contribution >= 0.6 is 0 Å². The first-order valence-electron chi connectivity index (χ1n) is 7.08. The maximum Gasteiger partial charge on any atom is 0.0914 e. The molecule has 0 aliphatic rings. The molecule has 1 atom stereocenters. The summed E-state index contributed by atoms with van der Waals surface area (Å²) < 4.78 is 0. The summed E-state index contributed by atoms with van der Waals surface area (Å²) in [4.78, 5) is 0. The number of benzene rings is 2. The van der Waals surface area contributed by atoms with E-state index in [1.54, 1.807) is 0 Å². The van der Waals surface area contributed by atoms with Crippen molar-refractivity contribution in [3.63, 3.8) is 0 Å². The summed E-state index contributed by atoms with van der Waals surface area (Å²) in [5.41, 5.74) is 5.96. The average Bonchev–Trinajstić information content (AvgIpc) is 2.44. The van der Waals surface area contributed by atoms with Gasteiger partial charge in [-0.2, -0.15) is 0 Å². The van der Waals surface area contributed by atoms with Crippen LogP contribution < -0.4 is 5.32 Å². The fourth-order valence-corrected chi connectivity index (χ4v) is 2.15. The quantitative estimate of drug-likeness (QED) is 0.871. The van der Waals surface area contributed by atoms with Crippen LogP contribution in [-0.4, -0.2) is 11.7 Å². The van der Waals surface area contributed by atoms with E-state index in [9.17, 15) is 5.11 Å². The Bertz CT molecular complexity index is 560. The van der Waals surface area contributed by atoms with Crippen LogP contribution in [0, 0.1) is 20.8 Å². The van der Waals surface area contributed by atoms with Crippen molar-refractivity contribution in [3.05, 3.63) is 70.3 Å². The van der Waals surface area contributed by atoms with E-state index in [1.165, 1.54) is 22.3 Å². The maximum atomic E-state index is 10.2. The van der Waals surface area contributed by atoms with Gasteiger partial charge < -0.3 is 10.4 Å². The van der Waals surface area contributed by atoms with Crippen LogP contribution in [-0.2, 0) is 6.54 Å². The Kier molecular flexibility index (Phi) is 4.94. The lowest BCUT2D eigenvalue weighted by Gasteiger charge is -2.14. The van der Waals surface area contributed by atoms with E-state index in [4.69, 9.17) is 0 Å². The zero-order valence-corrected chi connectivity index (χ0v) is 12.5. The molecule has 0 bridgehead atoms. The second-order valence-corrected chi connectivity index (χ2v) is 5.48. The summed E-state index contributed by atoms with van der Waals surface area (Å²) in [5, 5.41) is 13.5. The van der Waals surface area contributed by atoms with Gasteiger partial charge in [0.25, 0.3) is 0 Å². The minimum atomic E-state index is -0.459. The van der Waals surface area contributed by atoms with Gasteiger partial charge in [-0.25, -0.2) is 0 Å². The first-order valence-corrected chi connectivity index (χ1v) is 7.08. The number of aliphatic hydroxyl groups is 1. The van der Waals surface area contributed by atoms with E-state index in [1.807, 2.05) is 6.07 Å². The van der Waals surface area contributed by atoms with E-state index < -0.39 is 6.10 Å². The summed E-state index contributed by atoms with van der Waals surface area (Å²) in [5.74, 6) is 0. The Morgan fingerprint density at radius 2 is 1.65 bits per heavy atom. The molecule has 0 saturated heterocycles. The van der Waals surface area contributed by atoms with Crippen LogP contribution in [0.15, 0.2) is 42.5 Å². The highest BCUT2D eigenvalue weighted by molar-refractivity contribution is 5.31. The molecule has 0 radical (unpaired) electrons. The first-order chi connectivity index (χ1) is 9.56. The third kappa shape index (κ3) is 3.92. The molecule has 2 nitrogen and oxygen atoms in total. The topological polar surface area (TPSA) is 32.3 Å². The standard InChI is InChI=1S/C18H23NO/c1-13-4-7-16(8-5-13)11-19-12-18(20)17-9-6-14(2)15(3)10-17/h4-10,18-20H,11-12H2,1-3H3. The van der Waals surface area contributed by atoms with Gasteiger partial charge in [0.15, 0.2) is 0 Å². The van der Waals surface area contributed by atoms with Gasteiger partial charge in [-0.15, -0.1) is 0 Å². The third-order valence-corrected chi connectivity index (χ3v) is 3.70. The number of hydrogen-bond donors (Lipinski definition) is 2. The molecule has 2 N–H and O–H groups in total. The molecule has 0 aliphatic heterocycles. The van der Waals surface area contributed by atoms with Crippen molar-refractivity contribution in [2.24, 2.45) is 0 Å². The molecule has 0 saturated carbocycles. The predicted octanol–water partition coefficient (Wildman–Crippen LogP) is 3.44. The minimum Gasteiger partial charge on any atom is -0.387 e. The number of aliphatic hydroxyl groups excluding tert-OH is 1. The summed E-state index contributed by atoms with van der Waals surface area (Å²) >= 11 is 0. The zero-order chi connectivity index (χ0) is 14.5. The van der Waals surface area contributed by atoms with Crippen molar-refractivity contribution in [1.29, 1.82) is 0 Å². The number of hydrogen-bond acceptors (Lipinski definition) is 2. The van der Waals surface area contributed by atoms with Gasteiger partial charge in [0.1, 0.15) is 0 Å². The van der Waals surface area contributed by atoms with Crippen molar-refractivity contribution in [3.8, 4) is 0 Å². The van der Waals surface area contributed by atoms with E-state index in [0.29, 0.717) is 6.54 Å². The lowest BCUT2D eigenvalue weighted by Crippen LogP contribution is -2.21. The number of nitrogens with one attached hydrogen (secondary N) is 1. The highest BCUT2D eigenvalue weighted by atomic mass is 16.3. The summed E-state index contributed by atoms with van der Waals surface area (Å²) in [6, 6.07) is 14.6. The Balaban J connectivity index is 1.87. The Hall–Kier alpha value is -1.64. The highest BCUT2D eigenvalue weighted by Crippen LogP contribution is 2.16. The van der Waals surface area contributed by atoms with Crippen molar-refractivity contribution >= 4 is 0 Å². The lowest BCUT2D eigenvalue weighted by atomic mass is 10.0. The van der Waals surface area contributed by atoms with Gasteiger partial charge in [-0.3, -0.25) is 0 Å². The van der Waals surface area contributed by atoms with Crippen LogP contribution in [0.25, 0.3) is 0 Å². The van der Waals surface area contributed by atoms with Crippen LogP contribution in [0.1, 0.15) is 33.9 Å². The predicted molar refractivity (Wildman–Crippen MR) is 83.8 cm³/mol. The van der Waals surface area contributed by atoms with Gasteiger partial charge in [-0.1, -0.05) is 48.0 Å². The number of aryl methyl sites for hydroxylation is 3. The van der Waals surface area contributed by atoms with Crippen molar-refractivity contribution < 1.29 is 5.11 Å². The highest BCUT2D eigenvalue weighted by Gasteiger charge is 2.07. The molecular weight excluding hydrogens is 246 g/mol. The molecule has 0 aromatic heterocycles. The van der Waals surface area contributed by atoms with E-state index in [0.717, 1.165) is 12.1 Å². The molecule has 0 aliphatic carbocycles. The maximum absolute atomic E-state index is 10.2. The molecule has 20 heavy (non-hydrogen) atoms. The third-order valence-electron chi connectivity index (χ3n) is 3.70. The molecule has 2 rings (SSSR count). The Morgan fingerprint density at radius 1 is 0.950 bits per heavy atom. The second kappa shape index (κ2) is 6.69. The van der Waals surface area contributed by atoms with E-state index >= 15 is 0 Å². The van der Waals surface area contributed by atoms with Gasteiger partial charge in [0.2, 0.25) is 0 Å². The van der Waals surface area contributed by atoms with Gasteiger partial charge in [-0.05, 0) is 43.0 Å². The Morgan fingerprint density at radius 3 is 2.30 bits per heavy atom. The summed E-state index contributed by atoms with van der Waals surface area (Å²) in [7, 11) is 0. The molecule has 0 heterocycles. The molecule has 2 heteroatoms. The second-order valence-electron chi connectivity index (χ2n) is 5.48. The van der Waals surface area contributed by atoms with E-state index in [2.05, 4.69) is 62.5 Å². The van der Waals surface area contributed by atoms with Crippen LogP contribution in [0.4, 0.5) is 0 Å². The molecule has 106 valence electrons. The molecule has 2 aromatic carbocycles. The van der Waals surface area contributed by atoms with Gasteiger partial charge >= 0.3 is 0 Å². The van der Waals surface area contributed by atoms with Crippen molar-refractivity contribution in [1.82, 2.24) is 5.32 Å². The van der Waals surface area contributed by atoms with Crippen LogP contribution in [0.2, 0.25) is 0 Å². The lowest BCUT2D eigenvalue weighted by molar-refractivity contribution is 0.174.